The van der Waals surface area contributed by atoms with Crippen molar-refractivity contribution in [2.75, 3.05) is 6.26 Å². The fourth-order valence-electron chi connectivity index (χ4n) is 2.70. The van der Waals surface area contributed by atoms with Gasteiger partial charge in [-0.3, -0.25) is 4.40 Å². The predicted octanol–water partition coefficient (Wildman–Crippen LogP) is 5.01. The summed E-state index contributed by atoms with van der Waals surface area (Å²) in [6.45, 7) is 0. The van der Waals surface area contributed by atoms with E-state index in [1.165, 1.54) is 0 Å². The summed E-state index contributed by atoms with van der Waals surface area (Å²) in [7, 11) is -3.49. The molecule has 144 valence electrons. The molecule has 3 rings (SSSR count). The second-order valence-electron chi connectivity index (χ2n) is 5.86. The Balaban J connectivity index is 2.32. The molecule has 0 aliphatic carbocycles. The normalized spacial score (nSPS) is 12.7. The lowest BCUT2D eigenvalue weighted by atomic mass is 10.0. The van der Waals surface area contributed by atoms with Gasteiger partial charge in [0.2, 0.25) is 0 Å². The van der Waals surface area contributed by atoms with E-state index >= 15 is 0 Å². The number of pyridine rings is 1. The predicted molar refractivity (Wildman–Crippen MR) is 94.2 cm³/mol. The Morgan fingerprint density at radius 3 is 2.41 bits per heavy atom. The largest absolute Gasteiger partial charge is 0.431 e. The van der Waals surface area contributed by atoms with Gasteiger partial charge in [0, 0.05) is 34.8 Å². The second kappa shape index (κ2) is 6.65. The van der Waals surface area contributed by atoms with Crippen LogP contribution in [0.15, 0.2) is 30.6 Å². The van der Waals surface area contributed by atoms with Gasteiger partial charge in [0.1, 0.15) is 17.2 Å². The van der Waals surface area contributed by atoms with Crippen molar-refractivity contribution in [1.29, 1.82) is 0 Å². The number of imidazole rings is 1. The fraction of sp³-hybridized carbons (Fsp3) is 0.188. The van der Waals surface area contributed by atoms with Crippen LogP contribution in [0.1, 0.15) is 11.3 Å². The number of nitrogens with zero attached hydrogens (tertiary/aromatic N) is 2. The SMILES string of the molecule is CS(=O)(=O)Cc1cc(-c2c(Cl)cc(C(F)(F)F)n3ccnc23)c(F)cc1Cl. The molecule has 11 heteroatoms. The molecule has 0 fully saturated rings. The molecule has 0 amide bonds. The molecular weight excluding hydrogens is 431 g/mol. The Bertz CT molecular complexity index is 1160. The molecule has 0 spiro atoms. The van der Waals surface area contributed by atoms with Crippen molar-refractivity contribution in [3.05, 3.63) is 57.7 Å². The standard InChI is InChI=1S/C16H10Cl2F4N2O2S/c1-27(25,26)7-8-4-9(12(19)5-10(8)17)14-11(18)6-13(16(20,21)22)24-3-2-23-15(14)24/h2-6H,7H2,1H3. The van der Waals surface area contributed by atoms with Gasteiger partial charge in [0.25, 0.3) is 0 Å². The number of hydrogen-bond acceptors (Lipinski definition) is 3. The molecule has 0 aliphatic rings. The molecular formula is C16H10Cl2F4N2O2S. The summed E-state index contributed by atoms with van der Waals surface area (Å²) < 4.78 is 78.1. The van der Waals surface area contributed by atoms with Gasteiger partial charge in [-0.1, -0.05) is 23.2 Å². The molecule has 0 unspecified atom stereocenters. The highest BCUT2D eigenvalue weighted by Gasteiger charge is 2.35. The topological polar surface area (TPSA) is 51.4 Å². The van der Waals surface area contributed by atoms with E-state index < -0.39 is 33.3 Å². The van der Waals surface area contributed by atoms with Crippen molar-refractivity contribution < 1.29 is 26.0 Å². The molecule has 0 N–H and O–H groups in total. The van der Waals surface area contributed by atoms with E-state index in [1.807, 2.05) is 0 Å². The third-order valence-electron chi connectivity index (χ3n) is 3.74. The molecule has 0 radical (unpaired) electrons. The van der Waals surface area contributed by atoms with Crippen LogP contribution in [-0.2, 0) is 21.8 Å². The maximum Gasteiger partial charge on any atom is 0.431 e. The number of rotatable bonds is 3. The monoisotopic (exact) mass is 440 g/mol. The summed E-state index contributed by atoms with van der Waals surface area (Å²) in [5, 5.41) is -0.503. The summed E-state index contributed by atoms with van der Waals surface area (Å²) in [6, 6.07) is 2.71. The summed E-state index contributed by atoms with van der Waals surface area (Å²) >= 11 is 11.9. The maximum absolute atomic E-state index is 14.5. The average molecular weight is 441 g/mol. The van der Waals surface area contributed by atoms with Crippen molar-refractivity contribution in [2.24, 2.45) is 0 Å². The van der Waals surface area contributed by atoms with Gasteiger partial charge in [0.15, 0.2) is 9.84 Å². The van der Waals surface area contributed by atoms with E-state index in [2.05, 4.69) is 4.98 Å². The number of fused-ring (bicyclic) bond motifs is 1. The minimum atomic E-state index is -4.71. The Labute approximate surface area is 161 Å². The van der Waals surface area contributed by atoms with Crippen LogP contribution in [0.3, 0.4) is 0 Å². The van der Waals surface area contributed by atoms with E-state index in [1.54, 1.807) is 0 Å². The molecule has 4 nitrogen and oxygen atoms in total. The molecule has 0 bridgehead atoms. The summed E-state index contributed by atoms with van der Waals surface area (Å²) in [6.07, 6.45) is -1.54. The van der Waals surface area contributed by atoms with E-state index in [0.29, 0.717) is 6.07 Å². The number of halogens is 6. The van der Waals surface area contributed by atoms with Crippen LogP contribution in [0.25, 0.3) is 16.8 Å². The number of benzene rings is 1. The maximum atomic E-state index is 14.5. The van der Waals surface area contributed by atoms with Crippen molar-refractivity contribution in [2.45, 2.75) is 11.9 Å². The van der Waals surface area contributed by atoms with Crippen LogP contribution in [-0.4, -0.2) is 24.1 Å². The van der Waals surface area contributed by atoms with Crippen LogP contribution >= 0.6 is 23.2 Å². The van der Waals surface area contributed by atoms with Gasteiger partial charge in [-0.05, 0) is 23.8 Å². The smallest absolute Gasteiger partial charge is 0.295 e. The Morgan fingerprint density at radius 2 is 1.81 bits per heavy atom. The molecule has 0 aliphatic heterocycles. The summed E-state index contributed by atoms with van der Waals surface area (Å²) in [5.41, 5.74) is -1.50. The average Bonchev–Trinajstić information content (AvgIpc) is 2.96. The lowest BCUT2D eigenvalue weighted by Crippen LogP contribution is -2.12. The Kier molecular flexibility index (Phi) is 4.90. The number of alkyl halides is 3. The van der Waals surface area contributed by atoms with Crippen molar-refractivity contribution in [3.63, 3.8) is 0 Å². The third kappa shape index (κ3) is 3.90. The molecule has 0 saturated heterocycles. The van der Waals surface area contributed by atoms with Gasteiger partial charge in [0.05, 0.1) is 10.8 Å². The van der Waals surface area contributed by atoms with Gasteiger partial charge in [-0.15, -0.1) is 0 Å². The van der Waals surface area contributed by atoms with E-state index in [4.69, 9.17) is 23.2 Å². The molecule has 2 aromatic heterocycles. The minimum absolute atomic E-state index is 0.0937. The Morgan fingerprint density at radius 1 is 1.15 bits per heavy atom. The van der Waals surface area contributed by atoms with Crippen LogP contribution < -0.4 is 0 Å². The quantitative estimate of drug-likeness (QED) is 0.537. The number of aromatic nitrogens is 2. The summed E-state index contributed by atoms with van der Waals surface area (Å²) in [5.74, 6) is -1.34. The van der Waals surface area contributed by atoms with Crippen LogP contribution in [0.4, 0.5) is 17.6 Å². The second-order valence-corrected chi connectivity index (χ2v) is 8.82. The minimum Gasteiger partial charge on any atom is -0.295 e. The lowest BCUT2D eigenvalue weighted by molar-refractivity contribution is -0.142. The van der Waals surface area contributed by atoms with Gasteiger partial charge < -0.3 is 0 Å². The molecule has 2 heterocycles. The molecule has 0 atom stereocenters. The Hall–Kier alpha value is -1.84. The zero-order chi connectivity index (χ0) is 20.1. The highest BCUT2D eigenvalue weighted by Crippen LogP contribution is 2.40. The van der Waals surface area contributed by atoms with Crippen molar-refractivity contribution in [1.82, 2.24) is 9.38 Å². The van der Waals surface area contributed by atoms with Crippen molar-refractivity contribution in [3.8, 4) is 11.1 Å². The molecule has 0 saturated carbocycles. The van der Waals surface area contributed by atoms with Crippen LogP contribution in [0.2, 0.25) is 10.0 Å². The highest BCUT2D eigenvalue weighted by molar-refractivity contribution is 7.89. The molecule has 1 aromatic carbocycles. The van der Waals surface area contributed by atoms with Crippen LogP contribution in [0, 0.1) is 5.82 Å². The van der Waals surface area contributed by atoms with Gasteiger partial charge in [-0.2, -0.15) is 13.2 Å². The molecule has 27 heavy (non-hydrogen) atoms. The number of hydrogen-bond donors (Lipinski definition) is 0. The fourth-order valence-corrected chi connectivity index (χ4v) is 4.09. The molecule has 3 aromatic rings. The first-order chi connectivity index (χ1) is 12.4. The highest BCUT2D eigenvalue weighted by atomic mass is 35.5. The van der Waals surface area contributed by atoms with Gasteiger partial charge >= 0.3 is 6.18 Å². The zero-order valence-electron chi connectivity index (χ0n) is 13.5. The summed E-state index contributed by atoms with van der Waals surface area (Å²) in [4.78, 5) is 3.86. The first-order valence-corrected chi connectivity index (χ1v) is 10.1. The van der Waals surface area contributed by atoms with Gasteiger partial charge in [-0.25, -0.2) is 17.8 Å². The van der Waals surface area contributed by atoms with Crippen LogP contribution in [0.5, 0.6) is 0 Å². The lowest BCUT2D eigenvalue weighted by Gasteiger charge is -2.15. The first kappa shape index (κ1) is 19.9. The van der Waals surface area contributed by atoms with E-state index in [0.717, 1.165) is 35.2 Å². The van der Waals surface area contributed by atoms with Crippen molar-refractivity contribution >= 4 is 38.7 Å². The zero-order valence-corrected chi connectivity index (χ0v) is 15.8. The first-order valence-electron chi connectivity index (χ1n) is 7.27. The van der Waals surface area contributed by atoms with E-state index in [-0.39, 0.29) is 32.4 Å². The third-order valence-corrected chi connectivity index (χ3v) is 5.23. The number of sulfone groups is 1. The van der Waals surface area contributed by atoms with E-state index in [9.17, 15) is 26.0 Å².